The summed E-state index contributed by atoms with van der Waals surface area (Å²) in [7, 11) is 0. The predicted octanol–water partition coefficient (Wildman–Crippen LogP) is 6.37. The standard InChI is InChI=1S/C27H20F7NO5/c28-16-4-8-18-15(9-16)3-7-19(20(18)39-10-14-1-5-17(6-2-14)40-27(32,33)34)22(36)35-21(23(37)38)24-11-25(12-24,13-24)26(29,30)31/h1-9,21H,10-13H2,(H,35,36)(H,37,38). The molecule has 212 valence electrons. The second-order valence-electron chi connectivity index (χ2n) is 10.2. The SMILES string of the molecule is O=C(NC(C(=O)O)C12CC(C(F)(F)F)(C1)C2)c1ccc2cc(F)ccc2c1OCc1ccc(OC(F)(F)F)cc1. The first-order valence-corrected chi connectivity index (χ1v) is 11.9. The molecule has 3 aromatic rings. The summed E-state index contributed by atoms with van der Waals surface area (Å²) in [6.07, 6.45) is -10.6. The van der Waals surface area contributed by atoms with Gasteiger partial charge in [-0.2, -0.15) is 13.2 Å². The first-order chi connectivity index (χ1) is 18.6. The number of carboxylic acid groups (broad SMARTS) is 1. The number of carboxylic acids is 1. The molecule has 3 aliphatic carbocycles. The van der Waals surface area contributed by atoms with Crippen LogP contribution < -0.4 is 14.8 Å². The Morgan fingerprint density at radius 3 is 2.17 bits per heavy atom. The van der Waals surface area contributed by atoms with Crippen LogP contribution >= 0.6 is 0 Å². The van der Waals surface area contributed by atoms with E-state index in [9.17, 15) is 45.4 Å². The number of amides is 1. The van der Waals surface area contributed by atoms with Gasteiger partial charge in [-0.05, 0) is 66.6 Å². The van der Waals surface area contributed by atoms with Crippen LogP contribution in [0.5, 0.6) is 11.5 Å². The van der Waals surface area contributed by atoms with Gasteiger partial charge in [-0.15, -0.1) is 13.2 Å². The van der Waals surface area contributed by atoms with Crippen LogP contribution in [0.1, 0.15) is 35.2 Å². The number of nitrogens with one attached hydrogen (secondary N) is 1. The molecule has 0 aromatic heterocycles. The second-order valence-corrected chi connectivity index (χ2v) is 10.2. The quantitative estimate of drug-likeness (QED) is 0.307. The average molecular weight is 571 g/mol. The van der Waals surface area contributed by atoms with Gasteiger partial charge in [0.15, 0.2) is 0 Å². The lowest BCUT2D eigenvalue weighted by Crippen LogP contribution is -2.75. The topological polar surface area (TPSA) is 84.9 Å². The summed E-state index contributed by atoms with van der Waals surface area (Å²) in [5.41, 5.74) is -2.92. The van der Waals surface area contributed by atoms with E-state index >= 15 is 0 Å². The Hall–Kier alpha value is -4.03. The number of alkyl halides is 6. The maximum absolute atomic E-state index is 13.8. The van der Waals surface area contributed by atoms with E-state index < -0.39 is 72.1 Å². The third-order valence-electron chi connectivity index (χ3n) is 7.52. The van der Waals surface area contributed by atoms with Gasteiger partial charge in [-0.3, -0.25) is 4.79 Å². The molecular formula is C27H20F7NO5. The molecule has 1 unspecified atom stereocenters. The van der Waals surface area contributed by atoms with Gasteiger partial charge in [-0.25, -0.2) is 9.18 Å². The summed E-state index contributed by atoms with van der Waals surface area (Å²) in [5.74, 6) is -3.51. The first-order valence-electron chi connectivity index (χ1n) is 11.9. The Balaban J connectivity index is 1.39. The summed E-state index contributed by atoms with van der Waals surface area (Å²) in [6.45, 7) is -0.247. The number of halogens is 7. The fourth-order valence-corrected chi connectivity index (χ4v) is 5.71. The van der Waals surface area contributed by atoms with Crippen molar-refractivity contribution in [1.82, 2.24) is 5.32 Å². The predicted molar refractivity (Wildman–Crippen MR) is 125 cm³/mol. The van der Waals surface area contributed by atoms with Crippen molar-refractivity contribution >= 4 is 22.6 Å². The highest BCUT2D eigenvalue weighted by atomic mass is 19.4. The molecule has 3 aliphatic rings. The highest BCUT2D eigenvalue weighted by Gasteiger charge is 2.81. The van der Waals surface area contributed by atoms with E-state index in [0.717, 1.165) is 18.2 Å². The smallest absolute Gasteiger partial charge is 0.487 e. The van der Waals surface area contributed by atoms with E-state index in [1.165, 1.54) is 36.4 Å². The van der Waals surface area contributed by atoms with Gasteiger partial charge in [-0.1, -0.05) is 18.2 Å². The van der Waals surface area contributed by atoms with Gasteiger partial charge < -0.3 is 19.9 Å². The third kappa shape index (κ3) is 4.88. The van der Waals surface area contributed by atoms with Crippen molar-refractivity contribution in [3.8, 4) is 11.5 Å². The van der Waals surface area contributed by atoms with Crippen molar-refractivity contribution in [2.45, 2.75) is 44.4 Å². The summed E-state index contributed by atoms with van der Waals surface area (Å²) in [4.78, 5) is 25.3. The molecule has 2 bridgehead atoms. The van der Waals surface area contributed by atoms with Crippen LogP contribution in [0.2, 0.25) is 0 Å². The second kappa shape index (κ2) is 9.27. The highest BCUT2D eigenvalue weighted by Crippen LogP contribution is 2.79. The summed E-state index contributed by atoms with van der Waals surface area (Å²) in [5, 5.41) is 12.7. The normalized spacial score (nSPS) is 22.6. The van der Waals surface area contributed by atoms with E-state index in [-0.39, 0.29) is 23.3 Å². The number of fused-ring (bicyclic) bond motifs is 1. The van der Waals surface area contributed by atoms with Crippen molar-refractivity contribution < 1.29 is 54.9 Å². The zero-order valence-electron chi connectivity index (χ0n) is 20.3. The van der Waals surface area contributed by atoms with Gasteiger partial charge in [0, 0.05) is 10.8 Å². The fraction of sp³-hybridized carbons (Fsp3) is 0.333. The largest absolute Gasteiger partial charge is 0.573 e. The molecule has 0 heterocycles. The number of rotatable bonds is 8. The molecule has 0 aliphatic heterocycles. The maximum atomic E-state index is 13.8. The van der Waals surface area contributed by atoms with E-state index in [0.29, 0.717) is 10.9 Å². The minimum absolute atomic E-state index is 0.0703. The van der Waals surface area contributed by atoms with E-state index in [1.807, 2.05) is 0 Å². The van der Waals surface area contributed by atoms with Gasteiger partial charge in [0.25, 0.3) is 5.91 Å². The van der Waals surface area contributed by atoms with Crippen LogP contribution in [0.15, 0.2) is 54.6 Å². The lowest BCUT2D eigenvalue weighted by Gasteiger charge is -2.72. The highest BCUT2D eigenvalue weighted by molar-refractivity contribution is 6.05. The fourth-order valence-electron chi connectivity index (χ4n) is 5.71. The minimum Gasteiger partial charge on any atom is -0.487 e. The first kappa shape index (κ1) is 27.5. The molecule has 1 atom stereocenters. The number of carbonyl (C=O) groups is 2. The maximum Gasteiger partial charge on any atom is 0.573 e. The summed E-state index contributed by atoms with van der Waals surface area (Å²) >= 11 is 0. The average Bonchev–Trinajstić information content (AvgIpc) is 2.78. The molecule has 3 saturated carbocycles. The van der Waals surface area contributed by atoms with Crippen molar-refractivity contribution in [1.29, 1.82) is 0 Å². The zero-order valence-corrected chi connectivity index (χ0v) is 20.3. The molecule has 1 amide bonds. The Labute approximate surface area is 221 Å². The van der Waals surface area contributed by atoms with Crippen LogP contribution in [0.4, 0.5) is 30.7 Å². The minimum atomic E-state index is -4.88. The Bertz CT molecular complexity index is 1460. The van der Waals surface area contributed by atoms with Crippen LogP contribution in [-0.2, 0) is 11.4 Å². The number of aliphatic carboxylic acids is 1. The number of benzene rings is 3. The molecule has 40 heavy (non-hydrogen) atoms. The molecule has 3 fully saturated rings. The van der Waals surface area contributed by atoms with Crippen LogP contribution in [-0.4, -0.2) is 35.6 Å². The van der Waals surface area contributed by atoms with Crippen LogP contribution in [0, 0.1) is 16.6 Å². The Morgan fingerprint density at radius 2 is 1.60 bits per heavy atom. The number of carbonyl (C=O) groups excluding carboxylic acids is 1. The lowest BCUT2D eigenvalue weighted by atomic mass is 9.33. The van der Waals surface area contributed by atoms with Gasteiger partial charge in [0.05, 0.1) is 11.0 Å². The molecule has 13 heteroatoms. The molecule has 0 spiro atoms. The Morgan fingerprint density at radius 1 is 0.950 bits per heavy atom. The summed E-state index contributed by atoms with van der Waals surface area (Å²) < 4.78 is 101. The van der Waals surface area contributed by atoms with Crippen molar-refractivity contribution in [3.63, 3.8) is 0 Å². The van der Waals surface area contributed by atoms with Crippen LogP contribution in [0.3, 0.4) is 0 Å². The van der Waals surface area contributed by atoms with Crippen molar-refractivity contribution in [2.75, 3.05) is 0 Å². The molecule has 2 N–H and O–H groups in total. The molecule has 6 rings (SSSR count). The molecule has 6 nitrogen and oxygen atoms in total. The monoisotopic (exact) mass is 571 g/mol. The Kier molecular flexibility index (Phi) is 6.38. The molecular weight excluding hydrogens is 551 g/mol. The van der Waals surface area contributed by atoms with Crippen molar-refractivity contribution in [3.05, 3.63) is 71.5 Å². The zero-order chi connectivity index (χ0) is 29.1. The van der Waals surface area contributed by atoms with E-state index in [1.54, 1.807) is 0 Å². The van der Waals surface area contributed by atoms with Gasteiger partial charge in [0.2, 0.25) is 0 Å². The number of hydrogen-bond donors (Lipinski definition) is 2. The molecule has 0 saturated heterocycles. The van der Waals surface area contributed by atoms with Gasteiger partial charge >= 0.3 is 18.5 Å². The third-order valence-corrected chi connectivity index (χ3v) is 7.52. The van der Waals surface area contributed by atoms with E-state index in [4.69, 9.17) is 4.74 Å². The van der Waals surface area contributed by atoms with Crippen molar-refractivity contribution in [2.24, 2.45) is 10.8 Å². The molecule has 3 aromatic carbocycles. The van der Waals surface area contributed by atoms with Crippen LogP contribution in [0.25, 0.3) is 10.8 Å². The number of hydrogen-bond acceptors (Lipinski definition) is 4. The van der Waals surface area contributed by atoms with E-state index in [2.05, 4.69) is 10.1 Å². The summed E-state index contributed by atoms with van der Waals surface area (Å²) in [6, 6.07) is 9.42. The number of ether oxygens (including phenoxy) is 2. The molecule has 0 radical (unpaired) electrons. The van der Waals surface area contributed by atoms with Gasteiger partial charge in [0.1, 0.15) is 30.0 Å². The lowest BCUT2D eigenvalue weighted by molar-refractivity contribution is -0.367.